The Balaban J connectivity index is 1.64. The molecule has 1 aliphatic rings. The molecular formula is C20H22N2O3. The van der Waals surface area contributed by atoms with Crippen LogP contribution in [0.5, 0.6) is 5.75 Å². The second-order valence-corrected chi connectivity index (χ2v) is 6.03. The van der Waals surface area contributed by atoms with Crippen LogP contribution in [0.25, 0.3) is 0 Å². The first-order valence-electron chi connectivity index (χ1n) is 8.56. The predicted octanol–water partition coefficient (Wildman–Crippen LogP) is 2.90. The summed E-state index contributed by atoms with van der Waals surface area (Å²) in [6.45, 7) is 3.24. The minimum Gasteiger partial charge on any atom is -0.494 e. The summed E-state index contributed by atoms with van der Waals surface area (Å²) in [6, 6.07) is 16.4. The molecule has 2 aromatic rings. The van der Waals surface area contributed by atoms with Crippen molar-refractivity contribution in [2.45, 2.75) is 32.4 Å². The monoisotopic (exact) mass is 338 g/mol. The van der Waals surface area contributed by atoms with Crippen LogP contribution in [0.3, 0.4) is 0 Å². The van der Waals surface area contributed by atoms with Crippen molar-refractivity contribution in [3.63, 3.8) is 0 Å². The molecule has 5 heteroatoms. The number of benzene rings is 2. The molecule has 1 fully saturated rings. The number of amides is 2. The number of ether oxygens (including phenoxy) is 1. The molecule has 0 aliphatic carbocycles. The summed E-state index contributed by atoms with van der Waals surface area (Å²) in [5.41, 5.74) is 1.67. The molecule has 2 amide bonds. The van der Waals surface area contributed by atoms with E-state index in [4.69, 9.17) is 4.74 Å². The van der Waals surface area contributed by atoms with E-state index in [0.717, 1.165) is 17.7 Å². The summed E-state index contributed by atoms with van der Waals surface area (Å²) >= 11 is 0. The number of carbonyl (C=O) groups is 2. The molecule has 3 rings (SSSR count). The Bertz CT molecular complexity index is 728. The van der Waals surface area contributed by atoms with E-state index in [1.165, 1.54) is 4.90 Å². The predicted molar refractivity (Wildman–Crippen MR) is 96.4 cm³/mol. The molecule has 0 spiro atoms. The summed E-state index contributed by atoms with van der Waals surface area (Å²) in [6.07, 6.45) is 1.11. The first kappa shape index (κ1) is 17.2. The smallest absolute Gasteiger partial charge is 0.251 e. The largest absolute Gasteiger partial charge is 0.494 e. The third-order valence-corrected chi connectivity index (χ3v) is 4.11. The number of imide groups is 1. The lowest BCUT2D eigenvalue weighted by Gasteiger charge is -2.16. The fourth-order valence-electron chi connectivity index (χ4n) is 2.81. The molecule has 0 unspecified atom stereocenters. The first-order chi connectivity index (χ1) is 12.2. The summed E-state index contributed by atoms with van der Waals surface area (Å²) in [7, 11) is 0. The fraction of sp³-hybridized carbons (Fsp3) is 0.300. The van der Waals surface area contributed by atoms with E-state index < -0.39 is 6.04 Å². The summed E-state index contributed by atoms with van der Waals surface area (Å²) in [4.78, 5) is 26.2. The zero-order valence-corrected chi connectivity index (χ0v) is 14.3. The number of hydrogen-bond acceptors (Lipinski definition) is 4. The van der Waals surface area contributed by atoms with Crippen molar-refractivity contribution in [1.29, 1.82) is 0 Å². The average Bonchev–Trinajstić information content (AvgIpc) is 2.93. The molecule has 1 atom stereocenters. The van der Waals surface area contributed by atoms with Crippen LogP contribution in [-0.2, 0) is 16.1 Å². The molecule has 130 valence electrons. The molecule has 25 heavy (non-hydrogen) atoms. The third kappa shape index (κ3) is 4.06. The summed E-state index contributed by atoms with van der Waals surface area (Å²) in [5.74, 6) is 0.351. The van der Waals surface area contributed by atoms with Gasteiger partial charge in [0.15, 0.2) is 0 Å². The van der Waals surface area contributed by atoms with Gasteiger partial charge in [0, 0.05) is 6.54 Å². The van der Waals surface area contributed by atoms with Crippen LogP contribution in [0, 0.1) is 0 Å². The SMILES string of the molecule is CCCOc1ccc(N2C(=O)C[C@@H](NCc3ccccc3)C2=O)cc1. The number of anilines is 1. The number of nitrogens with one attached hydrogen (secondary N) is 1. The lowest BCUT2D eigenvalue weighted by molar-refractivity contribution is -0.121. The lowest BCUT2D eigenvalue weighted by atomic mass is 10.2. The van der Waals surface area contributed by atoms with Gasteiger partial charge in [-0.2, -0.15) is 0 Å². The highest BCUT2D eigenvalue weighted by Gasteiger charge is 2.39. The maximum Gasteiger partial charge on any atom is 0.251 e. The topological polar surface area (TPSA) is 58.6 Å². The Morgan fingerprint density at radius 1 is 1.08 bits per heavy atom. The van der Waals surface area contributed by atoms with E-state index in [1.807, 2.05) is 37.3 Å². The summed E-state index contributed by atoms with van der Waals surface area (Å²) in [5, 5.41) is 3.18. The van der Waals surface area contributed by atoms with Gasteiger partial charge >= 0.3 is 0 Å². The molecule has 1 aliphatic heterocycles. The van der Waals surface area contributed by atoms with Crippen molar-refractivity contribution in [1.82, 2.24) is 5.32 Å². The number of rotatable bonds is 7. The van der Waals surface area contributed by atoms with Gasteiger partial charge < -0.3 is 10.1 Å². The maximum atomic E-state index is 12.6. The van der Waals surface area contributed by atoms with E-state index in [9.17, 15) is 9.59 Å². The second kappa shape index (κ2) is 7.94. The summed E-state index contributed by atoms with van der Waals surface area (Å²) < 4.78 is 5.53. The Labute approximate surface area is 147 Å². The van der Waals surface area contributed by atoms with E-state index in [0.29, 0.717) is 18.8 Å². The van der Waals surface area contributed by atoms with Crippen LogP contribution in [0.1, 0.15) is 25.3 Å². The van der Waals surface area contributed by atoms with Gasteiger partial charge in [0.25, 0.3) is 5.91 Å². The molecule has 0 saturated carbocycles. The molecule has 0 radical (unpaired) electrons. The van der Waals surface area contributed by atoms with E-state index in [-0.39, 0.29) is 18.2 Å². The van der Waals surface area contributed by atoms with Crippen molar-refractivity contribution < 1.29 is 14.3 Å². The molecule has 5 nitrogen and oxygen atoms in total. The van der Waals surface area contributed by atoms with Gasteiger partial charge in [-0.3, -0.25) is 9.59 Å². The fourth-order valence-corrected chi connectivity index (χ4v) is 2.81. The Kier molecular flexibility index (Phi) is 5.46. The van der Waals surface area contributed by atoms with Crippen molar-refractivity contribution in [3.8, 4) is 5.75 Å². The highest BCUT2D eigenvalue weighted by atomic mass is 16.5. The van der Waals surface area contributed by atoms with Crippen LogP contribution in [0.2, 0.25) is 0 Å². The second-order valence-electron chi connectivity index (χ2n) is 6.03. The van der Waals surface area contributed by atoms with Gasteiger partial charge in [0.05, 0.1) is 24.8 Å². The molecule has 1 N–H and O–H groups in total. The standard InChI is InChI=1S/C20H22N2O3/c1-2-12-25-17-10-8-16(9-11-17)22-19(23)13-18(20(22)24)21-14-15-6-4-3-5-7-15/h3-11,18,21H,2,12-14H2,1H3/t18-/m1/s1. The Hall–Kier alpha value is -2.66. The minimum absolute atomic E-state index is 0.180. The lowest BCUT2D eigenvalue weighted by Crippen LogP contribution is -2.38. The van der Waals surface area contributed by atoms with Crippen molar-refractivity contribution in [2.75, 3.05) is 11.5 Å². The minimum atomic E-state index is -0.483. The number of nitrogens with zero attached hydrogens (tertiary/aromatic N) is 1. The molecule has 1 heterocycles. The highest BCUT2D eigenvalue weighted by molar-refractivity contribution is 6.22. The number of carbonyl (C=O) groups excluding carboxylic acids is 2. The van der Waals surface area contributed by atoms with Gasteiger partial charge in [0.1, 0.15) is 5.75 Å². The van der Waals surface area contributed by atoms with Crippen LogP contribution < -0.4 is 15.0 Å². The van der Waals surface area contributed by atoms with Crippen LogP contribution >= 0.6 is 0 Å². The van der Waals surface area contributed by atoms with Gasteiger partial charge in [0.2, 0.25) is 5.91 Å². The van der Waals surface area contributed by atoms with Crippen molar-refractivity contribution in [3.05, 3.63) is 60.2 Å². The zero-order valence-electron chi connectivity index (χ0n) is 14.3. The van der Waals surface area contributed by atoms with Crippen molar-refractivity contribution in [2.24, 2.45) is 0 Å². The van der Waals surface area contributed by atoms with Crippen LogP contribution in [-0.4, -0.2) is 24.5 Å². The highest BCUT2D eigenvalue weighted by Crippen LogP contribution is 2.25. The van der Waals surface area contributed by atoms with Gasteiger partial charge in [-0.15, -0.1) is 0 Å². The Morgan fingerprint density at radius 3 is 2.48 bits per heavy atom. The number of hydrogen-bond donors (Lipinski definition) is 1. The molecule has 1 saturated heterocycles. The van der Waals surface area contributed by atoms with Gasteiger partial charge in [-0.25, -0.2) is 4.90 Å². The van der Waals surface area contributed by atoms with E-state index in [1.54, 1.807) is 24.3 Å². The third-order valence-electron chi connectivity index (χ3n) is 4.11. The van der Waals surface area contributed by atoms with Crippen LogP contribution in [0.15, 0.2) is 54.6 Å². The first-order valence-corrected chi connectivity index (χ1v) is 8.56. The molecule has 0 aromatic heterocycles. The average molecular weight is 338 g/mol. The Morgan fingerprint density at radius 2 is 1.80 bits per heavy atom. The van der Waals surface area contributed by atoms with Gasteiger partial charge in [-0.1, -0.05) is 37.3 Å². The van der Waals surface area contributed by atoms with Crippen LogP contribution in [0.4, 0.5) is 5.69 Å². The molecular weight excluding hydrogens is 316 g/mol. The van der Waals surface area contributed by atoms with Gasteiger partial charge in [-0.05, 0) is 36.2 Å². The molecule has 0 bridgehead atoms. The van der Waals surface area contributed by atoms with Crippen molar-refractivity contribution >= 4 is 17.5 Å². The van der Waals surface area contributed by atoms with E-state index >= 15 is 0 Å². The molecule has 2 aromatic carbocycles. The zero-order chi connectivity index (χ0) is 17.6. The van der Waals surface area contributed by atoms with E-state index in [2.05, 4.69) is 5.32 Å². The maximum absolute atomic E-state index is 12.6. The normalized spacial score (nSPS) is 17.2. The quantitative estimate of drug-likeness (QED) is 0.789.